The van der Waals surface area contributed by atoms with E-state index in [4.69, 9.17) is 26.1 Å². The molecule has 2 rings (SSSR count). The summed E-state index contributed by atoms with van der Waals surface area (Å²) in [4.78, 5) is 18.1. The van der Waals surface area contributed by atoms with Crippen LogP contribution in [0.15, 0.2) is 47.9 Å². The smallest absolute Gasteiger partial charge is 0.356 e. The number of rotatable bonds is 6. The van der Waals surface area contributed by atoms with Crippen LogP contribution in [0.4, 0.5) is 0 Å². The summed E-state index contributed by atoms with van der Waals surface area (Å²) in [6.45, 7) is 0. The molecule has 0 radical (unpaired) electrons. The second kappa shape index (κ2) is 8.04. The van der Waals surface area contributed by atoms with E-state index in [0.29, 0.717) is 5.02 Å². The zero-order valence-corrected chi connectivity index (χ0v) is 14.8. The van der Waals surface area contributed by atoms with E-state index < -0.39 is 7.60 Å². The third-order valence-corrected chi connectivity index (χ3v) is 5.21. The number of benzene rings is 2. The molecule has 0 aliphatic rings. The third-order valence-electron chi connectivity index (χ3n) is 3.09. The number of halogens is 1. The van der Waals surface area contributed by atoms with E-state index in [1.807, 2.05) is 23.6 Å². The zero-order chi connectivity index (χ0) is 16.9. The fraction of sp³-hybridized carbons (Fsp3) is 0.125. The highest BCUT2D eigenvalue weighted by molar-refractivity contribution is 8.01. The van der Waals surface area contributed by atoms with E-state index in [-0.39, 0.29) is 5.30 Å². The van der Waals surface area contributed by atoms with Gasteiger partial charge in [-0.3, -0.25) is 4.57 Å². The normalized spacial score (nSPS) is 11.8. The van der Waals surface area contributed by atoms with Crippen LogP contribution in [0.1, 0.15) is 11.1 Å². The Morgan fingerprint density at radius 2 is 1.91 bits per heavy atom. The first-order chi connectivity index (χ1) is 10.9. The van der Waals surface area contributed by atoms with Crippen molar-refractivity contribution in [3.8, 4) is 5.75 Å². The minimum absolute atomic E-state index is 0.0207. The maximum absolute atomic E-state index is 11.1. The molecule has 2 N–H and O–H groups in total. The SMILES string of the molecule is COc1ccc(CSC=Cc2ccc(P(=O)(O)O)cc2)c(Cl)c1. The Bertz CT molecular complexity index is 740. The first kappa shape index (κ1) is 18.1. The molecule has 0 spiro atoms. The van der Waals surface area contributed by atoms with Gasteiger partial charge in [0.2, 0.25) is 0 Å². The Kier molecular flexibility index (Phi) is 6.33. The summed E-state index contributed by atoms with van der Waals surface area (Å²) in [6.07, 6.45) is 1.88. The molecule has 0 bridgehead atoms. The van der Waals surface area contributed by atoms with E-state index >= 15 is 0 Å². The van der Waals surface area contributed by atoms with Gasteiger partial charge in [0.15, 0.2) is 0 Å². The highest BCUT2D eigenvalue weighted by Gasteiger charge is 2.15. The summed E-state index contributed by atoms with van der Waals surface area (Å²) in [6, 6.07) is 11.8. The summed E-state index contributed by atoms with van der Waals surface area (Å²) < 4.78 is 16.2. The van der Waals surface area contributed by atoms with Crippen LogP contribution < -0.4 is 10.0 Å². The second-order valence-corrected chi connectivity index (χ2v) is 7.61. The lowest BCUT2D eigenvalue weighted by atomic mass is 10.2. The third kappa shape index (κ3) is 5.41. The predicted molar refractivity (Wildman–Crippen MR) is 96.5 cm³/mol. The fourth-order valence-corrected chi connectivity index (χ4v) is 3.45. The van der Waals surface area contributed by atoms with Crippen LogP contribution in [-0.2, 0) is 10.3 Å². The number of hydrogen-bond donors (Lipinski definition) is 2. The maximum atomic E-state index is 11.1. The Morgan fingerprint density at radius 3 is 2.48 bits per heavy atom. The van der Waals surface area contributed by atoms with Crippen molar-refractivity contribution in [1.29, 1.82) is 0 Å². The molecule has 122 valence electrons. The molecule has 0 heterocycles. The summed E-state index contributed by atoms with van der Waals surface area (Å²) in [5.74, 6) is 1.45. The van der Waals surface area contributed by atoms with Crippen LogP contribution in [0.2, 0.25) is 5.02 Å². The largest absolute Gasteiger partial charge is 0.497 e. The van der Waals surface area contributed by atoms with E-state index in [1.54, 1.807) is 37.1 Å². The summed E-state index contributed by atoms with van der Waals surface area (Å²) >= 11 is 7.75. The van der Waals surface area contributed by atoms with Crippen molar-refractivity contribution in [3.63, 3.8) is 0 Å². The molecule has 0 saturated heterocycles. The predicted octanol–water partition coefficient (Wildman–Crippen LogP) is 4.06. The zero-order valence-electron chi connectivity index (χ0n) is 12.3. The van der Waals surface area contributed by atoms with E-state index in [2.05, 4.69) is 0 Å². The second-order valence-electron chi connectivity index (χ2n) is 4.71. The number of hydrogen-bond acceptors (Lipinski definition) is 3. The summed E-state index contributed by atoms with van der Waals surface area (Å²) in [5.41, 5.74) is 1.88. The van der Waals surface area contributed by atoms with Gasteiger partial charge in [0.1, 0.15) is 5.75 Å². The monoisotopic (exact) mass is 370 g/mol. The van der Waals surface area contributed by atoms with Gasteiger partial charge in [0.25, 0.3) is 0 Å². The van der Waals surface area contributed by atoms with Crippen molar-refractivity contribution in [2.24, 2.45) is 0 Å². The minimum atomic E-state index is -4.18. The van der Waals surface area contributed by atoms with E-state index in [0.717, 1.165) is 22.6 Å². The lowest BCUT2D eigenvalue weighted by Crippen LogP contribution is -2.02. The molecule has 0 atom stereocenters. The number of methoxy groups -OCH3 is 1. The summed E-state index contributed by atoms with van der Waals surface area (Å²) in [5, 5.41) is 2.61. The van der Waals surface area contributed by atoms with Crippen LogP contribution >= 0.6 is 31.0 Å². The van der Waals surface area contributed by atoms with Crippen LogP contribution in [0.3, 0.4) is 0 Å². The molecular weight excluding hydrogens is 355 g/mol. The van der Waals surface area contributed by atoms with Gasteiger partial charge in [-0.1, -0.05) is 29.8 Å². The van der Waals surface area contributed by atoms with Crippen LogP contribution in [-0.4, -0.2) is 16.9 Å². The number of ether oxygens (including phenoxy) is 1. The standard InChI is InChI=1S/C16H16ClO4PS/c1-21-14-5-4-13(16(17)10-14)11-23-9-8-12-2-6-15(7-3-12)22(18,19)20/h2-10H,11H2,1H3,(H2,18,19,20). The average Bonchev–Trinajstić information content (AvgIpc) is 2.52. The molecule has 0 saturated carbocycles. The van der Waals surface area contributed by atoms with Crippen molar-refractivity contribution >= 4 is 42.3 Å². The molecule has 0 amide bonds. The Morgan fingerprint density at radius 1 is 1.22 bits per heavy atom. The molecule has 0 unspecified atom stereocenters. The molecule has 23 heavy (non-hydrogen) atoms. The van der Waals surface area contributed by atoms with Gasteiger partial charge in [0.05, 0.1) is 12.4 Å². The van der Waals surface area contributed by atoms with Crippen LogP contribution in [0.25, 0.3) is 6.08 Å². The molecule has 4 nitrogen and oxygen atoms in total. The minimum Gasteiger partial charge on any atom is -0.497 e. The van der Waals surface area contributed by atoms with Gasteiger partial charge in [-0.2, -0.15) is 0 Å². The fourth-order valence-electron chi connectivity index (χ4n) is 1.82. The van der Waals surface area contributed by atoms with Crippen molar-refractivity contribution in [2.75, 3.05) is 7.11 Å². The van der Waals surface area contributed by atoms with Gasteiger partial charge in [-0.25, -0.2) is 0 Å². The van der Waals surface area contributed by atoms with Crippen molar-refractivity contribution in [3.05, 3.63) is 64.0 Å². The first-order valence-corrected chi connectivity index (χ1v) is 9.71. The van der Waals surface area contributed by atoms with Gasteiger partial charge in [-0.05, 0) is 46.9 Å². The lowest BCUT2D eigenvalue weighted by Gasteiger charge is -2.05. The highest BCUT2D eigenvalue weighted by atomic mass is 35.5. The molecule has 2 aromatic carbocycles. The maximum Gasteiger partial charge on any atom is 0.356 e. The molecule has 0 aromatic heterocycles. The topological polar surface area (TPSA) is 66.8 Å². The quantitative estimate of drug-likeness (QED) is 0.751. The van der Waals surface area contributed by atoms with Crippen LogP contribution in [0, 0.1) is 0 Å². The van der Waals surface area contributed by atoms with Gasteiger partial charge in [0, 0.05) is 10.8 Å². The van der Waals surface area contributed by atoms with Gasteiger partial charge >= 0.3 is 7.60 Å². The number of thioether (sulfide) groups is 1. The molecule has 2 aromatic rings. The molecule has 0 aliphatic heterocycles. The van der Waals surface area contributed by atoms with Crippen molar-refractivity contribution in [1.82, 2.24) is 0 Å². The van der Waals surface area contributed by atoms with Crippen molar-refractivity contribution in [2.45, 2.75) is 5.75 Å². The Hall–Kier alpha value is -1.23. The highest BCUT2D eigenvalue weighted by Crippen LogP contribution is 2.33. The molecule has 7 heteroatoms. The molecule has 0 fully saturated rings. The van der Waals surface area contributed by atoms with E-state index in [9.17, 15) is 4.57 Å². The average molecular weight is 371 g/mol. The molecule has 0 aliphatic carbocycles. The van der Waals surface area contributed by atoms with Crippen LogP contribution in [0.5, 0.6) is 5.75 Å². The molecular formula is C16H16ClO4PS. The first-order valence-electron chi connectivity index (χ1n) is 6.67. The lowest BCUT2D eigenvalue weighted by molar-refractivity contribution is 0.387. The Labute approximate surface area is 144 Å². The van der Waals surface area contributed by atoms with E-state index in [1.165, 1.54) is 12.1 Å². The Balaban J connectivity index is 1.93. The summed E-state index contributed by atoms with van der Waals surface area (Å²) in [7, 11) is -2.58. The van der Waals surface area contributed by atoms with Crippen molar-refractivity contribution < 1.29 is 19.1 Å². The van der Waals surface area contributed by atoms with Gasteiger partial charge in [-0.15, -0.1) is 11.8 Å². The van der Waals surface area contributed by atoms with Gasteiger partial charge < -0.3 is 14.5 Å².